The Morgan fingerprint density at radius 2 is 1.78 bits per heavy atom. The molecule has 0 bridgehead atoms. The Kier molecular flexibility index (Phi) is 6.24. The van der Waals surface area contributed by atoms with Crippen molar-refractivity contribution in [2.75, 3.05) is 5.32 Å². The maximum absolute atomic E-state index is 11.9. The fourth-order valence-electron chi connectivity index (χ4n) is 3.54. The third-order valence-corrected chi connectivity index (χ3v) is 5.08. The van der Waals surface area contributed by atoms with E-state index in [0.29, 0.717) is 36.3 Å². The van der Waals surface area contributed by atoms with Crippen LogP contribution in [-0.4, -0.2) is 32.9 Å². The summed E-state index contributed by atoms with van der Waals surface area (Å²) in [4.78, 5) is 25.7. The Labute approximate surface area is 161 Å². The first kappa shape index (κ1) is 19.5. The van der Waals surface area contributed by atoms with Crippen molar-refractivity contribution in [3.63, 3.8) is 0 Å². The molecule has 2 aromatic rings. The maximum atomic E-state index is 11.9. The van der Waals surface area contributed by atoms with Crippen molar-refractivity contribution in [1.29, 1.82) is 0 Å². The average Bonchev–Trinajstić information content (AvgIpc) is 2.62. The summed E-state index contributed by atoms with van der Waals surface area (Å²) in [5.41, 5.74) is 1.79. The number of aromatic nitrogens is 3. The molecule has 2 aromatic heterocycles. The summed E-state index contributed by atoms with van der Waals surface area (Å²) in [5, 5.41) is 7.58. The number of anilines is 1. The van der Waals surface area contributed by atoms with Gasteiger partial charge >= 0.3 is 0 Å². The molecule has 0 radical (unpaired) electrons. The molecule has 1 aliphatic carbocycles. The number of rotatable bonds is 6. The molecule has 2 heterocycles. The third kappa shape index (κ3) is 5.37. The summed E-state index contributed by atoms with van der Waals surface area (Å²) in [6, 6.07) is 4.71. The van der Waals surface area contributed by atoms with E-state index in [1.807, 2.05) is 18.3 Å². The topological polar surface area (TPSA) is 79.8 Å². The molecular formula is C21H31N5O. The highest BCUT2D eigenvalue weighted by molar-refractivity contribution is 5.76. The SMILES string of the molecule is CC(C)CC(=O)NC1CCC(Nc2ncc3ccc(C(C)C)nc3n2)CC1. The molecule has 0 saturated heterocycles. The third-order valence-electron chi connectivity index (χ3n) is 5.08. The van der Waals surface area contributed by atoms with Gasteiger partial charge in [0.25, 0.3) is 0 Å². The van der Waals surface area contributed by atoms with Gasteiger partial charge in [0.2, 0.25) is 11.9 Å². The van der Waals surface area contributed by atoms with Crippen molar-refractivity contribution < 1.29 is 4.79 Å². The first-order chi connectivity index (χ1) is 12.9. The summed E-state index contributed by atoms with van der Waals surface area (Å²) in [6.45, 7) is 8.41. The van der Waals surface area contributed by atoms with E-state index in [-0.39, 0.29) is 5.91 Å². The summed E-state index contributed by atoms with van der Waals surface area (Å²) in [7, 11) is 0. The van der Waals surface area contributed by atoms with Gasteiger partial charge in [0.1, 0.15) is 0 Å². The van der Waals surface area contributed by atoms with Crippen LogP contribution in [0.2, 0.25) is 0 Å². The number of carbonyl (C=O) groups is 1. The fraction of sp³-hybridized carbons (Fsp3) is 0.619. The molecule has 0 spiro atoms. The van der Waals surface area contributed by atoms with Gasteiger partial charge in [0.05, 0.1) is 0 Å². The number of carbonyl (C=O) groups excluding carboxylic acids is 1. The lowest BCUT2D eigenvalue weighted by atomic mass is 9.91. The monoisotopic (exact) mass is 369 g/mol. The van der Waals surface area contributed by atoms with Crippen molar-refractivity contribution >= 4 is 22.9 Å². The number of nitrogens with one attached hydrogen (secondary N) is 2. The normalized spacial score (nSPS) is 20.2. The highest BCUT2D eigenvalue weighted by Gasteiger charge is 2.23. The lowest BCUT2D eigenvalue weighted by molar-refractivity contribution is -0.122. The molecule has 0 unspecified atom stereocenters. The molecule has 6 nitrogen and oxygen atoms in total. The van der Waals surface area contributed by atoms with Gasteiger partial charge in [0.15, 0.2) is 5.65 Å². The lowest BCUT2D eigenvalue weighted by Crippen LogP contribution is -2.40. The molecule has 0 aromatic carbocycles. The molecule has 27 heavy (non-hydrogen) atoms. The van der Waals surface area contributed by atoms with Crippen molar-refractivity contribution in [3.8, 4) is 0 Å². The second-order valence-electron chi connectivity index (χ2n) is 8.36. The number of nitrogens with zero attached hydrogens (tertiary/aromatic N) is 3. The second-order valence-corrected chi connectivity index (χ2v) is 8.36. The van der Waals surface area contributed by atoms with Gasteiger partial charge in [-0.15, -0.1) is 0 Å². The molecule has 6 heteroatoms. The number of hydrogen-bond donors (Lipinski definition) is 2. The van der Waals surface area contributed by atoms with Crippen LogP contribution in [0.15, 0.2) is 18.3 Å². The van der Waals surface area contributed by atoms with E-state index in [4.69, 9.17) is 0 Å². The smallest absolute Gasteiger partial charge is 0.224 e. The van der Waals surface area contributed by atoms with Crippen LogP contribution in [0.5, 0.6) is 0 Å². The highest BCUT2D eigenvalue weighted by atomic mass is 16.1. The van der Waals surface area contributed by atoms with Gasteiger partial charge in [-0.3, -0.25) is 4.79 Å². The minimum atomic E-state index is 0.173. The van der Waals surface area contributed by atoms with Crippen LogP contribution >= 0.6 is 0 Å². The van der Waals surface area contributed by atoms with Crippen molar-refractivity contribution in [2.24, 2.45) is 5.92 Å². The fourth-order valence-corrected chi connectivity index (χ4v) is 3.54. The van der Waals surface area contributed by atoms with E-state index in [1.165, 1.54) is 0 Å². The van der Waals surface area contributed by atoms with Gasteiger partial charge in [-0.1, -0.05) is 27.7 Å². The number of fused-ring (bicyclic) bond motifs is 1. The summed E-state index contributed by atoms with van der Waals surface area (Å²) in [6.07, 6.45) is 6.44. The zero-order chi connectivity index (χ0) is 19.4. The lowest BCUT2D eigenvalue weighted by Gasteiger charge is -2.29. The molecule has 2 N–H and O–H groups in total. The van der Waals surface area contributed by atoms with Crippen LogP contribution < -0.4 is 10.6 Å². The van der Waals surface area contributed by atoms with E-state index in [9.17, 15) is 4.79 Å². The predicted octanol–water partition coefficient (Wildman–Crippen LogP) is 4.03. The molecule has 1 fully saturated rings. The number of hydrogen-bond acceptors (Lipinski definition) is 5. The van der Waals surface area contributed by atoms with Crippen molar-refractivity contribution in [1.82, 2.24) is 20.3 Å². The Balaban J connectivity index is 1.56. The molecule has 1 aliphatic rings. The van der Waals surface area contributed by atoms with Gasteiger partial charge < -0.3 is 10.6 Å². The zero-order valence-electron chi connectivity index (χ0n) is 16.8. The summed E-state index contributed by atoms with van der Waals surface area (Å²) in [5.74, 6) is 1.59. The minimum Gasteiger partial charge on any atom is -0.353 e. The maximum Gasteiger partial charge on any atom is 0.224 e. The zero-order valence-corrected chi connectivity index (χ0v) is 16.8. The van der Waals surface area contributed by atoms with E-state index in [1.54, 1.807) is 0 Å². The van der Waals surface area contributed by atoms with Gasteiger partial charge in [-0.25, -0.2) is 9.97 Å². The van der Waals surface area contributed by atoms with Crippen LogP contribution in [0, 0.1) is 5.92 Å². The number of pyridine rings is 1. The van der Waals surface area contributed by atoms with Crippen LogP contribution in [-0.2, 0) is 4.79 Å². The highest BCUT2D eigenvalue weighted by Crippen LogP contribution is 2.22. The largest absolute Gasteiger partial charge is 0.353 e. The van der Waals surface area contributed by atoms with Gasteiger partial charge in [0, 0.05) is 35.8 Å². The predicted molar refractivity (Wildman–Crippen MR) is 109 cm³/mol. The summed E-state index contributed by atoms with van der Waals surface area (Å²) >= 11 is 0. The van der Waals surface area contributed by atoms with Crippen LogP contribution in [0.25, 0.3) is 11.0 Å². The quantitative estimate of drug-likeness (QED) is 0.803. The minimum absolute atomic E-state index is 0.173. The molecule has 146 valence electrons. The summed E-state index contributed by atoms with van der Waals surface area (Å²) < 4.78 is 0. The number of amides is 1. The molecule has 0 aliphatic heterocycles. The Hall–Kier alpha value is -2.24. The Bertz CT molecular complexity index is 781. The van der Waals surface area contributed by atoms with Crippen LogP contribution in [0.1, 0.15) is 71.4 Å². The molecule has 1 saturated carbocycles. The van der Waals surface area contributed by atoms with Crippen molar-refractivity contribution in [2.45, 2.75) is 77.8 Å². The molecular weight excluding hydrogens is 338 g/mol. The standard InChI is InChI=1S/C21H31N5O/c1-13(2)11-19(27)23-16-6-8-17(9-7-16)24-21-22-12-15-5-10-18(14(3)4)25-20(15)26-21/h5,10,12-14,16-17H,6-9,11H2,1-4H3,(H,23,27)(H,22,24,25,26). The first-order valence-corrected chi connectivity index (χ1v) is 10.1. The Morgan fingerprint density at radius 3 is 2.44 bits per heavy atom. The van der Waals surface area contributed by atoms with Gasteiger partial charge in [-0.05, 0) is 49.7 Å². The van der Waals surface area contributed by atoms with E-state index < -0.39 is 0 Å². The van der Waals surface area contributed by atoms with Crippen LogP contribution in [0.4, 0.5) is 5.95 Å². The van der Waals surface area contributed by atoms with E-state index >= 15 is 0 Å². The Morgan fingerprint density at radius 1 is 1.07 bits per heavy atom. The van der Waals surface area contributed by atoms with Crippen LogP contribution in [0.3, 0.4) is 0 Å². The second kappa shape index (κ2) is 8.63. The van der Waals surface area contributed by atoms with E-state index in [2.05, 4.69) is 53.3 Å². The van der Waals surface area contributed by atoms with E-state index in [0.717, 1.165) is 42.4 Å². The average molecular weight is 370 g/mol. The molecule has 0 atom stereocenters. The first-order valence-electron chi connectivity index (χ1n) is 10.1. The van der Waals surface area contributed by atoms with Crippen molar-refractivity contribution in [3.05, 3.63) is 24.0 Å². The van der Waals surface area contributed by atoms with Gasteiger partial charge in [-0.2, -0.15) is 4.98 Å². The molecule has 3 rings (SSSR count). The molecule has 1 amide bonds.